The van der Waals surface area contributed by atoms with Crippen LogP contribution in [-0.2, 0) is 10.1 Å². The first-order valence-electron chi connectivity index (χ1n) is 6.09. The van der Waals surface area contributed by atoms with Gasteiger partial charge in [0.1, 0.15) is 0 Å². The quantitative estimate of drug-likeness (QED) is 0.462. The predicted octanol–water partition coefficient (Wildman–Crippen LogP) is 2.38. The van der Waals surface area contributed by atoms with Gasteiger partial charge in [0.2, 0.25) is 0 Å². The number of aliphatic hydroxyl groups is 1. The smallest absolute Gasteiger partial charge is 0.264 e. The first kappa shape index (κ1) is 15.9. The molecule has 0 fully saturated rings. The van der Waals surface area contributed by atoms with E-state index in [1.165, 1.54) is 0 Å². The van der Waals surface area contributed by atoms with E-state index in [1.54, 1.807) is 0 Å². The highest BCUT2D eigenvalue weighted by atomic mass is 32.2. The third-order valence-corrected chi connectivity index (χ3v) is 3.39. The molecule has 1 atom stereocenters. The Labute approximate surface area is 98.8 Å². The highest BCUT2D eigenvalue weighted by Crippen LogP contribution is 2.10. The minimum absolute atomic E-state index is 0.168. The molecule has 0 heterocycles. The van der Waals surface area contributed by atoms with Crippen molar-refractivity contribution in [2.75, 3.05) is 5.75 Å². The Morgan fingerprint density at radius 1 is 1.00 bits per heavy atom. The molecule has 4 nitrogen and oxygen atoms in total. The van der Waals surface area contributed by atoms with Gasteiger partial charge in [0.25, 0.3) is 10.1 Å². The molecule has 0 amide bonds. The second-order valence-corrected chi connectivity index (χ2v) is 5.86. The molecular formula is C11H24O4S. The van der Waals surface area contributed by atoms with Gasteiger partial charge in [-0.25, -0.2) is 0 Å². The van der Waals surface area contributed by atoms with Crippen molar-refractivity contribution in [3.8, 4) is 0 Å². The van der Waals surface area contributed by atoms with Crippen molar-refractivity contribution in [1.29, 1.82) is 0 Å². The van der Waals surface area contributed by atoms with Gasteiger partial charge in [-0.15, -0.1) is 0 Å². The van der Waals surface area contributed by atoms with Gasteiger partial charge >= 0.3 is 0 Å². The average molecular weight is 252 g/mol. The number of hydrogen-bond acceptors (Lipinski definition) is 3. The summed E-state index contributed by atoms with van der Waals surface area (Å²) in [7, 11) is -3.80. The highest BCUT2D eigenvalue weighted by molar-refractivity contribution is 7.85. The zero-order valence-electron chi connectivity index (χ0n) is 10.1. The molecule has 1 unspecified atom stereocenters. The van der Waals surface area contributed by atoms with Gasteiger partial charge in [0, 0.05) is 0 Å². The molecule has 0 bridgehead atoms. The molecule has 0 saturated heterocycles. The molecular weight excluding hydrogens is 228 g/mol. The molecule has 0 aliphatic heterocycles. The molecule has 5 heteroatoms. The normalized spacial score (nSPS) is 13.9. The van der Waals surface area contributed by atoms with E-state index in [0.29, 0.717) is 6.42 Å². The van der Waals surface area contributed by atoms with Crippen LogP contribution < -0.4 is 0 Å². The minimum atomic E-state index is -3.80. The van der Waals surface area contributed by atoms with Crippen LogP contribution in [0, 0.1) is 0 Å². The molecule has 0 rings (SSSR count). The third kappa shape index (κ3) is 11.9. The zero-order chi connectivity index (χ0) is 12.4. The van der Waals surface area contributed by atoms with Crippen molar-refractivity contribution in [2.24, 2.45) is 0 Å². The third-order valence-electron chi connectivity index (χ3n) is 2.58. The molecule has 0 aliphatic carbocycles. The maximum Gasteiger partial charge on any atom is 0.264 e. The van der Waals surface area contributed by atoms with Crippen LogP contribution in [0.15, 0.2) is 0 Å². The Balaban J connectivity index is 3.31. The predicted molar refractivity (Wildman–Crippen MR) is 65.0 cm³/mol. The van der Waals surface area contributed by atoms with E-state index < -0.39 is 10.1 Å². The fraction of sp³-hybridized carbons (Fsp3) is 1.00. The molecule has 16 heavy (non-hydrogen) atoms. The van der Waals surface area contributed by atoms with E-state index >= 15 is 0 Å². The summed E-state index contributed by atoms with van der Waals surface area (Å²) in [5, 5.41) is 9.57. The van der Waals surface area contributed by atoms with Gasteiger partial charge in [-0.1, -0.05) is 39.0 Å². The lowest BCUT2D eigenvalue weighted by Gasteiger charge is -2.09. The van der Waals surface area contributed by atoms with Crippen LogP contribution in [0.2, 0.25) is 0 Å². The standard InChI is InChI=1S/C11H24O4S/c1-2-3-5-8-11(12)9-6-4-7-10-16(13,14)15/h11-12H,2-10H2,1H3,(H,13,14,15). The van der Waals surface area contributed by atoms with E-state index in [2.05, 4.69) is 6.92 Å². The van der Waals surface area contributed by atoms with E-state index in [-0.39, 0.29) is 11.9 Å². The van der Waals surface area contributed by atoms with Gasteiger partial charge in [-0.05, 0) is 19.3 Å². The molecule has 0 aromatic heterocycles. The van der Waals surface area contributed by atoms with Crippen molar-refractivity contribution in [1.82, 2.24) is 0 Å². The molecule has 98 valence electrons. The Morgan fingerprint density at radius 3 is 2.06 bits per heavy atom. The lowest BCUT2D eigenvalue weighted by atomic mass is 10.0. The number of aliphatic hydroxyl groups excluding tert-OH is 1. The van der Waals surface area contributed by atoms with E-state index in [1.807, 2.05) is 0 Å². The fourth-order valence-electron chi connectivity index (χ4n) is 1.62. The van der Waals surface area contributed by atoms with Gasteiger partial charge in [-0.2, -0.15) is 8.42 Å². The summed E-state index contributed by atoms with van der Waals surface area (Å²) in [5.41, 5.74) is 0. The van der Waals surface area contributed by atoms with Crippen molar-refractivity contribution in [3.63, 3.8) is 0 Å². The monoisotopic (exact) mass is 252 g/mol. The lowest BCUT2D eigenvalue weighted by molar-refractivity contribution is 0.147. The first-order chi connectivity index (χ1) is 7.45. The minimum Gasteiger partial charge on any atom is -0.393 e. The second kappa shape index (κ2) is 8.96. The first-order valence-corrected chi connectivity index (χ1v) is 7.70. The van der Waals surface area contributed by atoms with Gasteiger partial charge in [0.05, 0.1) is 11.9 Å². The van der Waals surface area contributed by atoms with Crippen LogP contribution in [0.3, 0.4) is 0 Å². The number of unbranched alkanes of at least 4 members (excludes halogenated alkanes) is 4. The summed E-state index contributed by atoms with van der Waals surface area (Å²) in [6, 6.07) is 0. The molecule has 0 spiro atoms. The van der Waals surface area contributed by atoms with E-state index in [4.69, 9.17) is 4.55 Å². The van der Waals surface area contributed by atoms with Crippen LogP contribution in [0.25, 0.3) is 0 Å². The highest BCUT2D eigenvalue weighted by Gasteiger charge is 2.06. The molecule has 0 aromatic carbocycles. The van der Waals surface area contributed by atoms with Crippen molar-refractivity contribution in [3.05, 3.63) is 0 Å². The average Bonchev–Trinajstić information content (AvgIpc) is 2.16. The number of hydrogen-bond donors (Lipinski definition) is 2. The van der Waals surface area contributed by atoms with E-state index in [0.717, 1.165) is 44.9 Å². The Morgan fingerprint density at radius 2 is 1.56 bits per heavy atom. The maximum atomic E-state index is 10.4. The number of rotatable bonds is 10. The molecule has 2 N–H and O–H groups in total. The summed E-state index contributed by atoms with van der Waals surface area (Å²) in [5.74, 6) is -0.168. The van der Waals surface area contributed by atoms with Crippen LogP contribution >= 0.6 is 0 Å². The second-order valence-electron chi connectivity index (χ2n) is 4.28. The summed E-state index contributed by atoms with van der Waals surface area (Å²) in [6.45, 7) is 2.13. The fourth-order valence-corrected chi connectivity index (χ4v) is 2.18. The summed E-state index contributed by atoms with van der Waals surface area (Å²) < 4.78 is 29.3. The SMILES string of the molecule is CCCCCC(O)CCCCCS(=O)(=O)O. The van der Waals surface area contributed by atoms with Crippen LogP contribution in [0.5, 0.6) is 0 Å². The van der Waals surface area contributed by atoms with Gasteiger partial charge in [0.15, 0.2) is 0 Å². The largest absolute Gasteiger partial charge is 0.393 e. The van der Waals surface area contributed by atoms with Crippen LogP contribution in [0.4, 0.5) is 0 Å². The zero-order valence-corrected chi connectivity index (χ0v) is 10.9. The van der Waals surface area contributed by atoms with Crippen LogP contribution in [0.1, 0.15) is 58.3 Å². The molecule has 0 aliphatic rings. The Bertz CT molecular complexity index is 249. The summed E-state index contributed by atoms with van der Waals surface area (Å²) in [4.78, 5) is 0. The molecule has 0 saturated carbocycles. The van der Waals surface area contributed by atoms with Crippen LogP contribution in [-0.4, -0.2) is 29.9 Å². The Hall–Kier alpha value is -0.130. The van der Waals surface area contributed by atoms with Gasteiger partial charge in [-0.3, -0.25) is 4.55 Å². The van der Waals surface area contributed by atoms with E-state index in [9.17, 15) is 13.5 Å². The van der Waals surface area contributed by atoms with Crippen molar-refractivity contribution < 1.29 is 18.1 Å². The summed E-state index contributed by atoms with van der Waals surface area (Å²) in [6.07, 6.45) is 6.72. The van der Waals surface area contributed by atoms with Gasteiger partial charge < -0.3 is 5.11 Å². The molecule has 0 aromatic rings. The topological polar surface area (TPSA) is 74.6 Å². The van der Waals surface area contributed by atoms with Crippen molar-refractivity contribution >= 4 is 10.1 Å². The van der Waals surface area contributed by atoms with Crippen molar-refractivity contribution in [2.45, 2.75) is 64.4 Å². The Kier molecular flexibility index (Phi) is 8.89. The maximum absolute atomic E-state index is 10.4. The molecule has 0 radical (unpaired) electrons. The lowest BCUT2D eigenvalue weighted by Crippen LogP contribution is -2.07. The summed E-state index contributed by atoms with van der Waals surface area (Å²) >= 11 is 0.